The summed E-state index contributed by atoms with van der Waals surface area (Å²) in [5.41, 5.74) is 0. The smallest absolute Gasteiger partial charge is 0.220 e. The second kappa shape index (κ2) is 58.1. The SMILES string of the molecule is CC/C=C\C/C=C\C/C=C\C/C=C\CCCCCCCCCCCCCCCCCCCCCCCCC(=O)NC(COC1OC(CO)C(O)C(O)C1O)C(O)/C=C/CCCCCCCCCCCCCCCCCCCC. The average molecular weight is 1100 g/mol. The summed E-state index contributed by atoms with van der Waals surface area (Å²) < 4.78 is 11.3. The zero-order valence-electron chi connectivity index (χ0n) is 50.9. The lowest BCUT2D eigenvalue weighted by Gasteiger charge is -2.40. The van der Waals surface area contributed by atoms with E-state index in [1.165, 1.54) is 231 Å². The van der Waals surface area contributed by atoms with Crippen LogP contribution in [0.3, 0.4) is 0 Å². The summed E-state index contributed by atoms with van der Waals surface area (Å²) in [5.74, 6) is -0.172. The van der Waals surface area contributed by atoms with Crippen molar-refractivity contribution in [3.63, 3.8) is 0 Å². The molecule has 6 N–H and O–H groups in total. The van der Waals surface area contributed by atoms with Crippen LogP contribution in [0.1, 0.15) is 316 Å². The van der Waals surface area contributed by atoms with Crippen molar-refractivity contribution in [1.82, 2.24) is 5.32 Å². The van der Waals surface area contributed by atoms with E-state index in [4.69, 9.17) is 9.47 Å². The summed E-state index contributed by atoms with van der Waals surface area (Å²) in [5, 5.41) is 54.7. The Morgan fingerprint density at radius 1 is 0.449 bits per heavy atom. The summed E-state index contributed by atoms with van der Waals surface area (Å²) in [6.07, 6.45) is 73.2. The van der Waals surface area contributed by atoms with E-state index >= 15 is 0 Å². The summed E-state index contributed by atoms with van der Waals surface area (Å²) in [7, 11) is 0. The quantitative estimate of drug-likeness (QED) is 0.0261. The molecule has 0 aromatic rings. The number of hydrogen-bond acceptors (Lipinski definition) is 8. The fourth-order valence-corrected chi connectivity index (χ4v) is 10.6. The number of ether oxygens (including phenoxy) is 2. The van der Waals surface area contributed by atoms with Gasteiger partial charge in [-0.15, -0.1) is 0 Å². The number of aliphatic hydroxyl groups excluding tert-OH is 5. The van der Waals surface area contributed by atoms with Crippen molar-refractivity contribution in [2.24, 2.45) is 0 Å². The Bertz CT molecular complexity index is 1410. The molecule has 1 heterocycles. The molecule has 0 aliphatic carbocycles. The Labute approximate surface area is 481 Å². The number of nitrogens with one attached hydrogen (secondary N) is 1. The van der Waals surface area contributed by atoms with Crippen molar-refractivity contribution in [2.45, 2.75) is 358 Å². The second-order valence-corrected chi connectivity index (χ2v) is 23.2. The minimum atomic E-state index is -1.57. The first-order chi connectivity index (χ1) is 38.3. The molecular formula is C69H127NO8. The van der Waals surface area contributed by atoms with Crippen LogP contribution < -0.4 is 5.32 Å². The lowest BCUT2D eigenvalue weighted by Crippen LogP contribution is -2.60. The Hall–Kier alpha value is -2.11. The first kappa shape index (κ1) is 73.9. The van der Waals surface area contributed by atoms with Gasteiger partial charge in [0, 0.05) is 6.42 Å². The molecule has 1 fully saturated rings. The lowest BCUT2D eigenvalue weighted by molar-refractivity contribution is -0.302. The number of carbonyl (C=O) groups is 1. The van der Waals surface area contributed by atoms with Gasteiger partial charge >= 0.3 is 0 Å². The molecule has 1 aliphatic rings. The summed E-state index contributed by atoms with van der Waals surface area (Å²) in [6, 6.07) is -0.805. The first-order valence-corrected chi connectivity index (χ1v) is 33.5. The van der Waals surface area contributed by atoms with Crippen LogP contribution in [0.2, 0.25) is 0 Å². The van der Waals surface area contributed by atoms with Crippen molar-refractivity contribution in [1.29, 1.82) is 0 Å². The van der Waals surface area contributed by atoms with E-state index in [0.29, 0.717) is 6.42 Å². The van der Waals surface area contributed by atoms with Crippen LogP contribution >= 0.6 is 0 Å². The van der Waals surface area contributed by atoms with E-state index in [1.807, 2.05) is 6.08 Å². The largest absolute Gasteiger partial charge is 0.394 e. The van der Waals surface area contributed by atoms with Gasteiger partial charge in [0.1, 0.15) is 24.4 Å². The molecule has 0 bridgehead atoms. The molecule has 0 spiro atoms. The number of unbranched alkanes of at least 4 members (excludes halogenated alkanes) is 40. The van der Waals surface area contributed by atoms with Gasteiger partial charge in [-0.3, -0.25) is 4.79 Å². The number of aliphatic hydroxyl groups is 5. The minimum Gasteiger partial charge on any atom is -0.394 e. The molecular weight excluding hydrogens is 971 g/mol. The molecule has 0 aromatic carbocycles. The third kappa shape index (κ3) is 46.5. The van der Waals surface area contributed by atoms with Crippen molar-refractivity contribution >= 4 is 5.91 Å². The molecule has 9 heteroatoms. The van der Waals surface area contributed by atoms with Gasteiger partial charge in [0.15, 0.2) is 6.29 Å². The van der Waals surface area contributed by atoms with Gasteiger partial charge < -0.3 is 40.3 Å². The van der Waals surface area contributed by atoms with E-state index in [2.05, 4.69) is 67.8 Å². The van der Waals surface area contributed by atoms with Gasteiger partial charge in [0.25, 0.3) is 0 Å². The highest BCUT2D eigenvalue weighted by Gasteiger charge is 2.44. The minimum absolute atomic E-state index is 0.172. The topological polar surface area (TPSA) is 149 Å². The molecule has 1 rings (SSSR count). The van der Waals surface area contributed by atoms with E-state index in [9.17, 15) is 30.3 Å². The van der Waals surface area contributed by atoms with Gasteiger partial charge in [-0.2, -0.15) is 0 Å². The molecule has 78 heavy (non-hydrogen) atoms. The van der Waals surface area contributed by atoms with Crippen LogP contribution in [0.5, 0.6) is 0 Å². The third-order valence-corrected chi connectivity index (χ3v) is 15.8. The summed E-state index contributed by atoms with van der Waals surface area (Å²) in [4.78, 5) is 13.1. The van der Waals surface area contributed by atoms with Crippen LogP contribution in [0.25, 0.3) is 0 Å². The highest BCUT2D eigenvalue weighted by atomic mass is 16.7. The zero-order chi connectivity index (χ0) is 56.5. The fraction of sp³-hybridized carbons (Fsp3) is 0.841. The second-order valence-electron chi connectivity index (χ2n) is 23.2. The fourth-order valence-electron chi connectivity index (χ4n) is 10.6. The molecule has 0 saturated carbocycles. The van der Waals surface area contributed by atoms with Crippen molar-refractivity contribution in [3.8, 4) is 0 Å². The molecule has 1 amide bonds. The number of amides is 1. The van der Waals surface area contributed by atoms with Crippen molar-refractivity contribution in [2.75, 3.05) is 13.2 Å². The Morgan fingerprint density at radius 3 is 1.18 bits per heavy atom. The number of rotatable bonds is 58. The average Bonchev–Trinajstić information content (AvgIpc) is 3.45. The summed E-state index contributed by atoms with van der Waals surface area (Å²) in [6.45, 7) is 3.70. The molecule has 1 saturated heterocycles. The molecule has 456 valence electrons. The predicted octanol–water partition coefficient (Wildman–Crippen LogP) is 17.8. The number of hydrogen-bond donors (Lipinski definition) is 6. The van der Waals surface area contributed by atoms with Crippen LogP contribution in [0, 0.1) is 0 Å². The first-order valence-electron chi connectivity index (χ1n) is 33.5. The molecule has 0 aromatic heterocycles. The van der Waals surface area contributed by atoms with Gasteiger partial charge in [-0.1, -0.05) is 312 Å². The van der Waals surface area contributed by atoms with E-state index in [-0.39, 0.29) is 12.5 Å². The van der Waals surface area contributed by atoms with Gasteiger partial charge in [-0.05, 0) is 57.8 Å². The van der Waals surface area contributed by atoms with Crippen molar-refractivity contribution in [3.05, 3.63) is 60.8 Å². The highest BCUT2D eigenvalue weighted by Crippen LogP contribution is 2.23. The third-order valence-electron chi connectivity index (χ3n) is 15.8. The zero-order valence-corrected chi connectivity index (χ0v) is 50.9. The van der Waals surface area contributed by atoms with E-state index < -0.39 is 49.5 Å². The molecule has 1 aliphatic heterocycles. The summed E-state index contributed by atoms with van der Waals surface area (Å²) >= 11 is 0. The van der Waals surface area contributed by atoms with E-state index in [1.54, 1.807) is 6.08 Å². The van der Waals surface area contributed by atoms with Crippen LogP contribution in [-0.2, 0) is 14.3 Å². The van der Waals surface area contributed by atoms with Gasteiger partial charge in [0.2, 0.25) is 5.91 Å². The van der Waals surface area contributed by atoms with Gasteiger partial charge in [0.05, 0.1) is 25.4 Å². The molecule has 7 atom stereocenters. The standard InChI is InChI=1S/C69H127NO8/c1-3-5-7-9-11-13-15-17-19-21-23-25-26-27-28-29-30-31-32-33-34-35-36-37-38-39-41-43-45-47-49-51-53-55-57-59-65(73)70-62(61-77-69-68(76)67(75)66(74)64(60-71)78-69)63(72)58-56-54-52-50-48-46-44-42-40-24-22-20-18-16-14-12-10-8-6-4-2/h5,7,11,13,17,19,23,25,56,58,62-64,66-69,71-72,74-76H,3-4,6,8-10,12,14-16,18,20-22,24,26-55,57,59-61H2,1-2H3,(H,70,73)/b7-5-,13-11-,19-17-,25-23-,58-56+. The van der Waals surface area contributed by atoms with Crippen molar-refractivity contribution < 1.29 is 39.8 Å². The Balaban J connectivity index is 2.10. The predicted molar refractivity (Wildman–Crippen MR) is 332 cm³/mol. The van der Waals surface area contributed by atoms with E-state index in [0.717, 1.165) is 64.2 Å². The normalized spacial score (nSPS) is 19.0. The lowest BCUT2D eigenvalue weighted by atomic mass is 9.99. The maximum Gasteiger partial charge on any atom is 0.220 e. The van der Waals surface area contributed by atoms with Gasteiger partial charge in [-0.25, -0.2) is 0 Å². The van der Waals surface area contributed by atoms with Crippen LogP contribution in [-0.4, -0.2) is 87.5 Å². The van der Waals surface area contributed by atoms with Crippen LogP contribution in [0.4, 0.5) is 0 Å². The maximum absolute atomic E-state index is 13.1. The highest BCUT2D eigenvalue weighted by molar-refractivity contribution is 5.76. The molecule has 7 unspecified atom stereocenters. The maximum atomic E-state index is 13.1. The Kier molecular flexibility index (Phi) is 55.0. The van der Waals surface area contributed by atoms with Crippen LogP contribution in [0.15, 0.2) is 60.8 Å². The number of carbonyl (C=O) groups excluding carboxylic acids is 1. The monoisotopic (exact) mass is 1100 g/mol. The number of allylic oxidation sites excluding steroid dienone is 9. The molecule has 9 nitrogen and oxygen atoms in total. The Morgan fingerprint density at radius 2 is 0.795 bits per heavy atom. The molecule has 0 radical (unpaired) electrons.